The molecule has 2 aromatic rings. The highest BCUT2D eigenvalue weighted by Crippen LogP contribution is 2.17. The summed E-state index contributed by atoms with van der Waals surface area (Å²) >= 11 is 0.845. The van der Waals surface area contributed by atoms with Crippen molar-refractivity contribution in [1.29, 1.82) is 0 Å². The molecule has 0 fully saturated rings. The molecule has 0 saturated heterocycles. The molecule has 0 unspecified atom stereocenters. The maximum atomic E-state index is 14.2. The van der Waals surface area contributed by atoms with Gasteiger partial charge in [0.1, 0.15) is 36.4 Å². The Morgan fingerprint density at radius 2 is 1.09 bits per heavy atom. The monoisotopic (exact) mass is 908 g/mol. The van der Waals surface area contributed by atoms with Gasteiger partial charge in [-0.1, -0.05) is 169 Å². The molecule has 2 rings (SSSR count). The summed E-state index contributed by atoms with van der Waals surface area (Å²) in [6, 6.07) is 11.7. The van der Waals surface area contributed by atoms with E-state index in [2.05, 4.69) is 34.8 Å². The first-order valence-electron chi connectivity index (χ1n) is 22.7. The molecule has 0 aliphatic heterocycles. The molecule has 2 aromatic carbocycles. The highest BCUT2D eigenvalue weighted by molar-refractivity contribution is 8.13. The van der Waals surface area contributed by atoms with Crippen molar-refractivity contribution in [1.82, 2.24) is 21.3 Å². The van der Waals surface area contributed by atoms with Gasteiger partial charge in [-0.3, -0.25) is 24.0 Å². The van der Waals surface area contributed by atoms with Gasteiger partial charge in [-0.15, -0.1) is 0 Å². The number of benzene rings is 2. The number of thioether (sulfide) groups is 1. The predicted molar refractivity (Wildman–Crippen MR) is 250 cm³/mol. The number of unbranched alkanes of at least 4 members (excludes halogenated alkanes) is 12. The molecular weight excluding hydrogens is 837 g/mol. The number of esters is 1. The Morgan fingerprint density at radius 3 is 1.59 bits per heavy atom. The molecule has 4 amide bonds. The van der Waals surface area contributed by atoms with Gasteiger partial charge in [-0.05, 0) is 38.3 Å². The number of carboxylic acids is 1. The minimum atomic E-state index is -1.65. The molecule has 64 heavy (non-hydrogen) atoms. The standard InChI is InChI=1S/C49H72N4O10S/c1-6-8-9-10-11-12-13-14-15-16-17-18-25-30-43(55)64-35-41(52-44(56)38(32-36-26-21-19-22-27-36)53-48(61)63-49(3,4)5)46(58)50-39(34-42(54)62-31-7-2)45(57)51-40(47(59)60)33-37-28-23-20-24-29-37/h7,19-24,26-29,38-41H,2,6,8-18,25,30-35H2,1,3-5H3,(H,50,58)(H,51,57)(H,52,56)(H,53,61)(H,59,60)/t38-,39-,40-,41-/m0/s1. The van der Waals surface area contributed by atoms with Crippen molar-refractivity contribution in [3.05, 3.63) is 84.4 Å². The van der Waals surface area contributed by atoms with Crippen LogP contribution >= 0.6 is 11.8 Å². The molecule has 0 aromatic heterocycles. The van der Waals surface area contributed by atoms with Gasteiger partial charge in [0.05, 0.1) is 6.42 Å². The van der Waals surface area contributed by atoms with Crippen LogP contribution in [0.5, 0.6) is 0 Å². The molecule has 0 aliphatic rings. The third-order valence-corrected chi connectivity index (χ3v) is 11.1. The van der Waals surface area contributed by atoms with Crippen molar-refractivity contribution in [2.24, 2.45) is 0 Å². The van der Waals surface area contributed by atoms with Gasteiger partial charge in [0, 0.05) is 25.0 Å². The van der Waals surface area contributed by atoms with Crippen LogP contribution in [0.4, 0.5) is 4.79 Å². The van der Waals surface area contributed by atoms with Gasteiger partial charge in [0.2, 0.25) is 17.7 Å². The number of carbonyl (C=O) groups is 7. The summed E-state index contributed by atoms with van der Waals surface area (Å²) in [5.74, 6) is -5.18. The molecule has 0 aliphatic carbocycles. The van der Waals surface area contributed by atoms with Crippen molar-refractivity contribution < 1.29 is 48.1 Å². The van der Waals surface area contributed by atoms with E-state index in [4.69, 9.17) is 9.47 Å². The molecule has 0 bridgehead atoms. The number of rotatable bonds is 32. The first kappa shape index (κ1) is 55.0. The Hall–Kier alpha value is -5.18. The van der Waals surface area contributed by atoms with Gasteiger partial charge in [0.15, 0.2) is 5.12 Å². The van der Waals surface area contributed by atoms with Crippen molar-refractivity contribution in [3.63, 3.8) is 0 Å². The van der Waals surface area contributed by atoms with Crippen LogP contribution in [0.1, 0.15) is 135 Å². The number of alkyl carbamates (subject to hydrolysis) is 1. The highest BCUT2D eigenvalue weighted by atomic mass is 32.2. The minimum Gasteiger partial charge on any atom is -0.480 e. The fourth-order valence-corrected chi connectivity index (χ4v) is 7.56. The Morgan fingerprint density at radius 1 is 0.641 bits per heavy atom. The number of ether oxygens (including phenoxy) is 2. The van der Waals surface area contributed by atoms with Crippen LogP contribution in [0.25, 0.3) is 0 Å². The minimum absolute atomic E-state index is 0.0174. The third-order valence-electron chi connectivity index (χ3n) is 10.1. The Labute approximate surface area is 384 Å². The van der Waals surface area contributed by atoms with Crippen LogP contribution in [-0.4, -0.2) is 88.1 Å². The zero-order valence-electron chi connectivity index (χ0n) is 38.3. The number of amides is 4. The zero-order chi connectivity index (χ0) is 47.2. The normalized spacial score (nSPS) is 13.0. The second-order valence-corrected chi connectivity index (χ2v) is 18.0. The molecule has 4 atom stereocenters. The number of hydrogen-bond donors (Lipinski definition) is 5. The van der Waals surface area contributed by atoms with Crippen LogP contribution in [0.15, 0.2) is 73.3 Å². The predicted octanol–water partition coefficient (Wildman–Crippen LogP) is 7.76. The van der Waals surface area contributed by atoms with E-state index in [9.17, 15) is 38.7 Å². The second kappa shape index (κ2) is 31.6. The summed E-state index contributed by atoms with van der Waals surface area (Å²) < 4.78 is 10.5. The fraction of sp³-hybridized carbons (Fsp3) is 0.571. The van der Waals surface area contributed by atoms with E-state index >= 15 is 0 Å². The van der Waals surface area contributed by atoms with E-state index in [1.165, 1.54) is 57.4 Å². The van der Waals surface area contributed by atoms with E-state index in [0.717, 1.165) is 37.4 Å². The summed E-state index contributed by atoms with van der Waals surface area (Å²) in [6.45, 7) is 10.6. The summed E-state index contributed by atoms with van der Waals surface area (Å²) in [6.07, 6.45) is 15.0. The second-order valence-electron chi connectivity index (χ2n) is 17.0. The molecule has 354 valence electrons. The fourth-order valence-electron chi connectivity index (χ4n) is 6.68. The summed E-state index contributed by atoms with van der Waals surface area (Å²) in [4.78, 5) is 93.1. The molecule has 15 heteroatoms. The van der Waals surface area contributed by atoms with Gasteiger partial charge in [-0.25, -0.2) is 9.59 Å². The van der Waals surface area contributed by atoms with Crippen molar-refractivity contribution in [2.45, 2.75) is 167 Å². The molecular formula is C49H72N4O10S. The van der Waals surface area contributed by atoms with Gasteiger partial charge in [0.25, 0.3) is 0 Å². The first-order chi connectivity index (χ1) is 30.6. The van der Waals surface area contributed by atoms with E-state index in [1.54, 1.807) is 81.4 Å². The first-order valence-corrected chi connectivity index (χ1v) is 23.7. The molecule has 0 heterocycles. The zero-order valence-corrected chi connectivity index (χ0v) is 39.1. The van der Waals surface area contributed by atoms with Gasteiger partial charge >= 0.3 is 18.0 Å². The number of carbonyl (C=O) groups excluding carboxylic acids is 6. The number of nitrogens with one attached hydrogen (secondary N) is 4. The molecule has 14 nitrogen and oxygen atoms in total. The summed E-state index contributed by atoms with van der Waals surface area (Å²) in [5, 5.41) is 19.9. The lowest BCUT2D eigenvalue weighted by molar-refractivity contribution is -0.146. The number of aliphatic carboxylic acids is 1. The Kier molecular flexibility index (Phi) is 27.2. The van der Waals surface area contributed by atoms with Crippen LogP contribution in [-0.2, 0) is 51.1 Å². The molecule has 0 radical (unpaired) electrons. The lowest BCUT2D eigenvalue weighted by Gasteiger charge is -2.26. The van der Waals surface area contributed by atoms with Crippen LogP contribution in [0.2, 0.25) is 0 Å². The quantitative estimate of drug-likeness (QED) is 0.0272. The van der Waals surface area contributed by atoms with E-state index in [1.807, 2.05) is 0 Å². The molecule has 5 N–H and O–H groups in total. The van der Waals surface area contributed by atoms with E-state index in [-0.39, 0.29) is 36.7 Å². The maximum absolute atomic E-state index is 14.2. The highest BCUT2D eigenvalue weighted by Gasteiger charge is 2.34. The van der Waals surface area contributed by atoms with Crippen LogP contribution < -0.4 is 21.3 Å². The van der Waals surface area contributed by atoms with E-state index < -0.39 is 71.9 Å². The maximum Gasteiger partial charge on any atom is 0.408 e. The lowest BCUT2D eigenvalue weighted by atomic mass is 10.0. The van der Waals surface area contributed by atoms with Crippen LogP contribution in [0.3, 0.4) is 0 Å². The van der Waals surface area contributed by atoms with Crippen molar-refractivity contribution in [3.8, 4) is 0 Å². The smallest absolute Gasteiger partial charge is 0.408 e. The number of hydrogen-bond acceptors (Lipinski definition) is 10. The van der Waals surface area contributed by atoms with Crippen molar-refractivity contribution >= 4 is 52.6 Å². The number of carboxylic acid groups (broad SMARTS) is 1. The topological polar surface area (TPSA) is 206 Å². The van der Waals surface area contributed by atoms with E-state index in [0.29, 0.717) is 17.5 Å². The summed E-state index contributed by atoms with van der Waals surface area (Å²) in [7, 11) is 0. The molecule has 0 saturated carbocycles. The lowest BCUT2D eigenvalue weighted by Crippen LogP contribution is -2.59. The Bertz CT molecular complexity index is 1740. The Balaban J connectivity index is 2.24. The van der Waals surface area contributed by atoms with Gasteiger partial charge in [-0.2, -0.15) is 0 Å². The SMILES string of the molecule is C=CCOC(=O)C[C@H](NC(=O)[C@H](CSC(=O)CCCCCCCCCCCCCCC)NC(=O)[C@H](Cc1ccccc1)NC(=O)OC(C)(C)C)C(=O)N[C@@H](Cc1ccccc1)C(=O)O. The average Bonchev–Trinajstić information content (AvgIpc) is 3.25. The van der Waals surface area contributed by atoms with Gasteiger partial charge < -0.3 is 35.8 Å². The van der Waals surface area contributed by atoms with Crippen molar-refractivity contribution in [2.75, 3.05) is 12.4 Å². The van der Waals surface area contributed by atoms with Crippen LogP contribution in [0, 0.1) is 0 Å². The summed E-state index contributed by atoms with van der Waals surface area (Å²) in [5.41, 5.74) is 0.433. The largest absolute Gasteiger partial charge is 0.480 e. The average molecular weight is 909 g/mol. The third kappa shape index (κ3) is 25.2. The molecule has 0 spiro atoms.